The molecule has 0 amide bonds. The Morgan fingerprint density at radius 2 is 0.911 bits per heavy atom. The Balaban J connectivity index is 1.09. The number of hydrogen-bond donors (Lipinski definition) is 0. The number of fused-ring (bicyclic) bond motifs is 7. The van der Waals surface area contributed by atoms with Gasteiger partial charge in [0.1, 0.15) is 11.2 Å². The Morgan fingerprint density at radius 3 is 1.79 bits per heavy atom. The monoisotopic (exact) mass is 713 g/mol. The molecule has 2 nitrogen and oxygen atoms in total. The van der Waals surface area contributed by atoms with Crippen LogP contribution in [0, 0.1) is 0 Å². The van der Waals surface area contributed by atoms with Gasteiger partial charge >= 0.3 is 0 Å². The van der Waals surface area contributed by atoms with Gasteiger partial charge in [-0.3, -0.25) is 0 Å². The van der Waals surface area contributed by atoms with Crippen molar-refractivity contribution in [1.29, 1.82) is 0 Å². The molecular weight excluding hydrogens is 679 g/mol. The third kappa shape index (κ3) is 5.34. The first-order valence-corrected chi connectivity index (χ1v) is 19.2. The minimum atomic E-state index is 0.899. The molecule has 0 atom stereocenters. The van der Waals surface area contributed by atoms with Crippen LogP contribution >= 0.6 is 0 Å². The molecule has 0 aliphatic carbocycles. The fourth-order valence-corrected chi connectivity index (χ4v) is 8.60. The van der Waals surface area contributed by atoms with Crippen molar-refractivity contribution in [2.45, 2.75) is 0 Å². The smallest absolute Gasteiger partial charge is 0.136 e. The van der Waals surface area contributed by atoms with E-state index in [-0.39, 0.29) is 0 Å². The second-order valence-corrected chi connectivity index (χ2v) is 14.5. The lowest BCUT2D eigenvalue weighted by atomic mass is 9.93. The van der Waals surface area contributed by atoms with Crippen LogP contribution in [-0.2, 0) is 0 Å². The molecule has 0 N–H and O–H groups in total. The van der Waals surface area contributed by atoms with Gasteiger partial charge in [0.25, 0.3) is 0 Å². The quantitative estimate of drug-likeness (QED) is 0.160. The number of para-hydroxylation sites is 2. The van der Waals surface area contributed by atoms with Crippen LogP contribution in [0.2, 0.25) is 0 Å². The summed E-state index contributed by atoms with van der Waals surface area (Å²) < 4.78 is 6.27. The normalized spacial score (nSPS) is 11.6. The molecule has 0 radical (unpaired) electrons. The van der Waals surface area contributed by atoms with Crippen LogP contribution in [0.1, 0.15) is 0 Å². The van der Waals surface area contributed by atoms with E-state index in [1.54, 1.807) is 0 Å². The fraction of sp³-hybridized carbons (Fsp3) is 0. The molecule has 0 aliphatic rings. The number of benzene rings is 10. The average molecular weight is 714 g/mol. The molecular formula is C54H35NO. The molecule has 0 unspecified atom stereocenters. The molecule has 0 fully saturated rings. The number of nitrogens with zero attached hydrogens (tertiary/aromatic N) is 1. The SMILES string of the molecule is c1cc(-c2cc3ccccc3c3ccccc23)cc(N(c2ccc(-c3ccc4c(c3)oc3ccccc34)cc2)c2ccccc2-c2cccc3ccccc23)c1. The average Bonchev–Trinajstić information content (AvgIpc) is 3.65. The van der Waals surface area contributed by atoms with Crippen LogP contribution in [0.5, 0.6) is 0 Å². The van der Waals surface area contributed by atoms with E-state index in [1.807, 2.05) is 12.1 Å². The van der Waals surface area contributed by atoms with E-state index in [4.69, 9.17) is 4.42 Å². The third-order valence-electron chi connectivity index (χ3n) is 11.2. The lowest BCUT2D eigenvalue weighted by Gasteiger charge is -2.29. The zero-order valence-electron chi connectivity index (χ0n) is 30.6. The van der Waals surface area contributed by atoms with Gasteiger partial charge in [0, 0.05) is 27.7 Å². The summed E-state index contributed by atoms with van der Waals surface area (Å²) in [6.07, 6.45) is 0. The summed E-state index contributed by atoms with van der Waals surface area (Å²) in [6, 6.07) is 76.6. The van der Waals surface area contributed by atoms with Gasteiger partial charge in [0.05, 0.1) is 5.69 Å². The first kappa shape index (κ1) is 32.0. The van der Waals surface area contributed by atoms with Crippen molar-refractivity contribution in [1.82, 2.24) is 0 Å². The van der Waals surface area contributed by atoms with Gasteiger partial charge in [-0.1, -0.05) is 158 Å². The molecule has 0 aliphatic heterocycles. The summed E-state index contributed by atoms with van der Waals surface area (Å²) in [7, 11) is 0. The van der Waals surface area contributed by atoms with Crippen LogP contribution in [-0.4, -0.2) is 0 Å². The van der Waals surface area contributed by atoms with Crippen LogP contribution in [0.25, 0.3) is 87.6 Å². The summed E-state index contributed by atoms with van der Waals surface area (Å²) in [5.41, 5.74) is 12.1. The largest absolute Gasteiger partial charge is 0.456 e. The standard InChI is InChI=1S/C54H35NO/c1-3-18-43-37(13-1)15-12-24-46(43)48-22-7-9-25-52(48)55(41-30-27-36(28-31-41)38-29-32-50-49-23-8-10-26-53(49)56-54(50)35-38)42-17-11-16-39(33-42)51-34-40-14-2-4-19-44(40)45-20-5-6-21-47(45)51/h1-35H. The fourth-order valence-electron chi connectivity index (χ4n) is 8.60. The van der Waals surface area contributed by atoms with E-state index in [0.717, 1.165) is 50.1 Å². The maximum Gasteiger partial charge on any atom is 0.136 e. The number of rotatable bonds is 6. The Morgan fingerprint density at radius 1 is 0.286 bits per heavy atom. The molecule has 0 saturated carbocycles. The summed E-state index contributed by atoms with van der Waals surface area (Å²) >= 11 is 0. The lowest BCUT2D eigenvalue weighted by Crippen LogP contribution is -2.11. The van der Waals surface area contributed by atoms with Crippen molar-refractivity contribution in [3.63, 3.8) is 0 Å². The summed E-state index contributed by atoms with van der Waals surface area (Å²) in [5.74, 6) is 0. The molecule has 10 aromatic carbocycles. The van der Waals surface area contributed by atoms with Gasteiger partial charge < -0.3 is 9.32 Å². The van der Waals surface area contributed by atoms with Crippen molar-refractivity contribution in [2.24, 2.45) is 0 Å². The molecule has 262 valence electrons. The van der Waals surface area contributed by atoms with E-state index in [2.05, 4.69) is 205 Å². The first-order valence-electron chi connectivity index (χ1n) is 19.2. The number of hydrogen-bond acceptors (Lipinski definition) is 2. The summed E-state index contributed by atoms with van der Waals surface area (Å²) in [5, 5.41) is 9.75. The highest BCUT2D eigenvalue weighted by molar-refractivity contribution is 6.14. The minimum absolute atomic E-state index is 0.899. The molecule has 0 saturated heterocycles. The molecule has 1 aromatic heterocycles. The maximum absolute atomic E-state index is 6.27. The van der Waals surface area contributed by atoms with E-state index < -0.39 is 0 Å². The topological polar surface area (TPSA) is 16.4 Å². The Kier molecular flexibility index (Phi) is 7.53. The van der Waals surface area contributed by atoms with Crippen LogP contribution in [0.15, 0.2) is 217 Å². The molecule has 0 bridgehead atoms. The lowest BCUT2D eigenvalue weighted by molar-refractivity contribution is 0.669. The third-order valence-corrected chi connectivity index (χ3v) is 11.2. The van der Waals surface area contributed by atoms with Crippen molar-refractivity contribution in [2.75, 3.05) is 4.90 Å². The predicted molar refractivity (Wildman–Crippen MR) is 237 cm³/mol. The van der Waals surface area contributed by atoms with Gasteiger partial charge in [0.15, 0.2) is 0 Å². The van der Waals surface area contributed by atoms with Crippen molar-refractivity contribution < 1.29 is 4.42 Å². The Bertz CT molecular complexity index is 3260. The molecule has 11 rings (SSSR count). The van der Waals surface area contributed by atoms with Gasteiger partial charge in [-0.15, -0.1) is 0 Å². The second kappa shape index (κ2) is 13.2. The van der Waals surface area contributed by atoms with Crippen LogP contribution in [0.4, 0.5) is 17.1 Å². The molecule has 11 aromatic rings. The van der Waals surface area contributed by atoms with E-state index in [0.29, 0.717) is 0 Å². The molecule has 2 heteroatoms. The van der Waals surface area contributed by atoms with Crippen molar-refractivity contribution >= 4 is 71.3 Å². The Hall–Kier alpha value is -7.42. The van der Waals surface area contributed by atoms with Gasteiger partial charge in [0.2, 0.25) is 0 Å². The summed E-state index contributed by atoms with van der Waals surface area (Å²) in [4.78, 5) is 2.41. The van der Waals surface area contributed by atoms with Crippen LogP contribution in [0.3, 0.4) is 0 Å². The Labute approximate surface area is 325 Å². The van der Waals surface area contributed by atoms with Gasteiger partial charge in [-0.05, 0) is 115 Å². The van der Waals surface area contributed by atoms with E-state index >= 15 is 0 Å². The number of furan rings is 1. The van der Waals surface area contributed by atoms with E-state index in [1.165, 1.54) is 54.6 Å². The van der Waals surface area contributed by atoms with Gasteiger partial charge in [-0.2, -0.15) is 0 Å². The van der Waals surface area contributed by atoms with Gasteiger partial charge in [-0.25, -0.2) is 0 Å². The highest BCUT2D eigenvalue weighted by Crippen LogP contribution is 2.45. The zero-order chi connectivity index (χ0) is 37.0. The van der Waals surface area contributed by atoms with Crippen LogP contribution < -0.4 is 4.90 Å². The second-order valence-electron chi connectivity index (χ2n) is 14.5. The molecule has 0 spiro atoms. The highest BCUT2D eigenvalue weighted by atomic mass is 16.3. The maximum atomic E-state index is 6.27. The molecule has 1 heterocycles. The zero-order valence-corrected chi connectivity index (χ0v) is 30.6. The predicted octanol–water partition coefficient (Wildman–Crippen LogP) is 15.5. The number of anilines is 3. The van der Waals surface area contributed by atoms with E-state index in [9.17, 15) is 0 Å². The van der Waals surface area contributed by atoms with Crippen molar-refractivity contribution in [3.05, 3.63) is 212 Å². The highest BCUT2D eigenvalue weighted by Gasteiger charge is 2.20. The molecule has 56 heavy (non-hydrogen) atoms. The summed E-state index contributed by atoms with van der Waals surface area (Å²) in [6.45, 7) is 0. The first-order chi connectivity index (χ1) is 27.8. The van der Waals surface area contributed by atoms with Crippen molar-refractivity contribution in [3.8, 4) is 33.4 Å². The minimum Gasteiger partial charge on any atom is -0.456 e.